The number of H-pyrrole nitrogens is 1. The van der Waals surface area contributed by atoms with E-state index in [-0.39, 0.29) is 5.91 Å². The Bertz CT molecular complexity index is 532. The van der Waals surface area contributed by atoms with Gasteiger partial charge in [-0.1, -0.05) is 11.6 Å². The Morgan fingerprint density at radius 1 is 1.24 bits per heavy atom. The Labute approximate surface area is 120 Å². The molecule has 1 aromatic carbocycles. The Morgan fingerprint density at radius 3 is 2.41 bits per heavy atom. The van der Waals surface area contributed by atoms with Gasteiger partial charge < -0.3 is 10.3 Å². The highest BCUT2D eigenvalue weighted by Crippen LogP contribution is 2.23. The molecule has 2 N–H and O–H groups in total. The Morgan fingerprint density at radius 2 is 1.88 bits per heavy atom. The number of aromatic nitrogens is 1. The van der Waals surface area contributed by atoms with Crippen molar-refractivity contribution in [2.75, 3.05) is 5.32 Å². The average molecular weight is 378 g/mol. The summed E-state index contributed by atoms with van der Waals surface area (Å²) >= 11 is 12.3. The summed E-state index contributed by atoms with van der Waals surface area (Å²) in [5.74, 6) is -0.210. The fourth-order valence-electron chi connectivity index (χ4n) is 1.26. The number of hydrogen-bond donors (Lipinski definition) is 2. The fraction of sp³-hybridized carbons (Fsp3) is 0. The van der Waals surface area contributed by atoms with Crippen molar-refractivity contribution in [1.29, 1.82) is 0 Å². The third-order valence-electron chi connectivity index (χ3n) is 2.07. The van der Waals surface area contributed by atoms with Crippen LogP contribution < -0.4 is 5.32 Å². The first-order valence-corrected chi connectivity index (χ1v) is 6.63. The molecule has 0 bridgehead atoms. The van der Waals surface area contributed by atoms with E-state index in [1.807, 2.05) is 0 Å². The van der Waals surface area contributed by atoms with Crippen LogP contribution in [0.3, 0.4) is 0 Å². The van der Waals surface area contributed by atoms with Gasteiger partial charge in [0.25, 0.3) is 5.91 Å². The summed E-state index contributed by atoms with van der Waals surface area (Å²) in [7, 11) is 0. The van der Waals surface area contributed by atoms with Gasteiger partial charge in [-0.15, -0.1) is 0 Å². The lowest BCUT2D eigenvalue weighted by atomic mass is 10.3. The molecule has 1 amide bonds. The first-order chi connectivity index (χ1) is 8.06. The minimum Gasteiger partial charge on any atom is -0.344 e. The highest BCUT2D eigenvalue weighted by Gasteiger charge is 2.11. The van der Waals surface area contributed by atoms with Crippen molar-refractivity contribution in [2.45, 2.75) is 0 Å². The maximum Gasteiger partial charge on any atom is 0.272 e. The monoisotopic (exact) mass is 376 g/mol. The highest BCUT2D eigenvalue weighted by atomic mass is 79.9. The van der Waals surface area contributed by atoms with Crippen LogP contribution in [-0.2, 0) is 0 Å². The van der Waals surface area contributed by atoms with Crippen LogP contribution in [0.5, 0.6) is 0 Å². The molecule has 0 spiro atoms. The van der Waals surface area contributed by atoms with E-state index in [2.05, 4.69) is 42.2 Å². The van der Waals surface area contributed by atoms with Gasteiger partial charge in [0.1, 0.15) is 5.69 Å². The van der Waals surface area contributed by atoms with E-state index in [4.69, 9.17) is 11.6 Å². The molecule has 17 heavy (non-hydrogen) atoms. The van der Waals surface area contributed by atoms with Crippen molar-refractivity contribution in [2.24, 2.45) is 0 Å². The van der Waals surface area contributed by atoms with Crippen molar-refractivity contribution in [3.8, 4) is 0 Å². The molecular weight excluding hydrogens is 371 g/mol. The topological polar surface area (TPSA) is 44.9 Å². The molecule has 0 aliphatic carbocycles. The second-order valence-electron chi connectivity index (χ2n) is 3.31. The molecule has 0 radical (unpaired) electrons. The van der Waals surface area contributed by atoms with E-state index in [0.717, 1.165) is 9.08 Å². The standard InChI is InChI=1S/C11H7Br2ClN2O/c12-8-5-9(16-10(8)13)11(17)15-7-3-1-6(14)2-4-7/h1-5,16H,(H,15,17). The van der Waals surface area contributed by atoms with Gasteiger partial charge in [-0.2, -0.15) is 0 Å². The number of carbonyl (C=O) groups is 1. The van der Waals surface area contributed by atoms with Crippen LogP contribution in [0.2, 0.25) is 5.02 Å². The minimum atomic E-state index is -0.210. The van der Waals surface area contributed by atoms with E-state index in [9.17, 15) is 4.79 Å². The van der Waals surface area contributed by atoms with E-state index < -0.39 is 0 Å². The number of halogens is 3. The molecule has 0 fully saturated rings. The van der Waals surface area contributed by atoms with Crippen LogP contribution in [0.15, 0.2) is 39.4 Å². The summed E-state index contributed by atoms with van der Waals surface area (Å²) in [4.78, 5) is 14.8. The van der Waals surface area contributed by atoms with Gasteiger partial charge in [-0.05, 0) is 62.2 Å². The molecule has 2 aromatic rings. The van der Waals surface area contributed by atoms with Crippen LogP contribution in [0.25, 0.3) is 0 Å². The SMILES string of the molecule is O=C(Nc1ccc(Cl)cc1)c1cc(Br)c(Br)[nH]1. The number of aromatic amines is 1. The van der Waals surface area contributed by atoms with Crippen LogP contribution >= 0.6 is 43.5 Å². The van der Waals surface area contributed by atoms with Crippen LogP contribution in [0.4, 0.5) is 5.69 Å². The van der Waals surface area contributed by atoms with Gasteiger partial charge in [0, 0.05) is 10.7 Å². The minimum absolute atomic E-state index is 0.210. The first-order valence-electron chi connectivity index (χ1n) is 4.67. The molecule has 1 heterocycles. The summed E-state index contributed by atoms with van der Waals surface area (Å²) < 4.78 is 1.54. The molecule has 0 atom stereocenters. The molecular formula is C11H7Br2ClN2O. The van der Waals surface area contributed by atoms with Crippen LogP contribution in [0, 0.1) is 0 Å². The lowest BCUT2D eigenvalue weighted by Crippen LogP contribution is -2.12. The number of amides is 1. The normalized spacial score (nSPS) is 10.3. The molecule has 0 saturated carbocycles. The molecule has 0 aliphatic heterocycles. The van der Waals surface area contributed by atoms with Crippen molar-refractivity contribution in [1.82, 2.24) is 4.98 Å². The van der Waals surface area contributed by atoms with Crippen molar-refractivity contribution in [3.63, 3.8) is 0 Å². The molecule has 3 nitrogen and oxygen atoms in total. The van der Waals surface area contributed by atoms with Gasteiger partial charge in [0.15, 0.2) is 0 Å². The van der Waals surface area contributed by atoms with Gasteiger partial charge >= 0.3 is 0 Å². The van der Waals surface area contributed by atoms with Crippen LogP contribution in [-0.4, -0.2) is 10.9 Å². The summed E-state index contributed by atoms with van der Waals surface area (Å²) in [6.07, 6.45) is 0. The van der Waals surface area contributed by atoms with Crippen molar-refractivity contribution < 1.29 is 4.79 Å². The maximum absolute atomic E-state index is 11.8. The zero-order chi connectivity index (χ0) is 12.4. The van der Waals surface area contributed by atoms with Gasteiger partial charge in [0.2, 0.25) is 0 Å². The number of anilines is 1. The summed E-state index contributed by atoms with van der Waals surface area (Å²) in [6, 6.07) is 8.63. The third-order valence-corrected chi connectivity index (χ3v) is 4.11. The summed E-state index contributed by atoms with van der Waals surface area (Å²) in [6.45, 7) is 0. The van der Waals surface area contributed by atoms with Gasteiger partial charge in [0.05, 0.1) is 9.08 Å². The summed E-state index contributed by atoms with van der Waals surface area (Å²) in [5, 5.41) is 3.39. The molecule has 0 unspecified atom stereocenters. The molecule has 0 saturated heterocycles. The highest BCUT2D eigenvalue weighted by molar-refractivity contribution is 9.13. The predicted molar refractivity (Wildman–Crippen MR) is 75.6 cm³/mol. The second-order valence-corrected chi connectivity index (χ2v) is 5.39. The lowest BCUT2D eigenvalue weighted by Gasteiger charge is -2.03. The number of carbonyl (C=O) groups excluding carboxylic acids is 1. The van der Waals surface area contributed by atoms with Crippen LogP contribution in [0.1, 0.15) is 10.5 Å². The summed E-state index contributed by atoms with van der Waals surface area (Å²) in [5.41, 5.74) is 1.17. The van der Waals surface area contributed by atoms with E-state index in [1.165, 1.54) is 0 Å². The average Bonchev–Trinajstić information content (AvgIpc) is 2.63. The van der Waals surface area contributed by atoms with Crippen molar-refractivity contribution >= 4 is 55.1 Å². The quantitative estimate of drug-likeness (QED) is 0.797. The number of rotatable bonds is 2. The first kappa shape index (κ1) is 12.7. The Hall–Kier alpha value is -0.780. The van der Waals surface area contributed by atoms with E-state index >= 15 is 0 Å². The van der Waals surface area contributed by atoms with E-state index in [1.54, 1.807) is 30.3 Å². The number of benzene rings is 1. The molecule has 1 aromatic heterocycles. The Kier molecular flexibility index (Phi) is 3.91. The smallest absolute Gasteiger partial charge is 0.272 e. The molecule has 88 valence electrons. The molecule has 2 rings (SSSR count). The lowest BCUT2D eigenvalue weighted by molar-refractivity contribution is 0.102. The second kappa shape index (κ2) is 5.25. The molecule has 0 aliphatic rings. The maximum atomic E-state index is 11.8. The van der Waals surface area contributed by atoms with Gasteiger partial charge in [-0.25, -0.2) is 0 Å². The largest absolute Gasteiger partial charge is 0.344 e. The zero-order valence-electron chi connectivity index (χ0n) is 8.43. The van der Waals surface area contributed by atoms with Gasteiger partial charge in [-0.3, -0.25) is 4.79 Å². The third kappa shape index (κ3) is 3.12. The van der Waals surface area contributed by atoms with Crippen molar-refractivity contribution in [3.05, 3.63) is 50.1 Å². The van der Waals surface area contributed by atoms with E-state index in [0.29, 0.717) is 16.4 Å². The Balaban J connectivity index is 2.14. The fourth-order valence-corrected chi connectivity index (χ4v) is 2.04. The zero-order valence-corrected chi connectivity index (χ0v) is 12.4. The number of nitrogens with one attached hydrogen (secondary N) is 2. The number of hydrogen-bond acceptors (Lipinski definition) is 1. The predicted octanol–water partition coefficient (Wildman–Crippen LogP) is 4.45. The molecule has 6 heteroatoms.